The fourth-order valence-corrected chi connectivity index (χ4v) is 5.28. The molecule has 1 aliphatic carbocycles. The van der Waals surface area contributed by atoms with Gasteiger partial charge in [0.1, 0.15) is 5.03 Å². The largest absolute Gasteiger partial charge is 0.367 e. The van der Waals surface area contributed by atoms with Crippen molar-refractivity contribution in [3.05, 3.63) is 50.0 Å². The van der Waals surface area contributed by atoms with E-state index in [0.29, 0.717) is 20.8 Å². The second kappa shape index (κ2) is 9.18. The lowest BCUT2D eigenvalue weighted by Crippen LogP contribution is -2.54. The van der Waals surface area contributed by atoms with Gasteiger partial charge in [0.2, 0.25) is 5.91 Å². The number of carbonyl (C=O) groups excluding carboxylic acids is 1. The molecule has 2 aliphatic rings. The summed E-state index contributed by atoms with van der Waals surface area (Å²) in [5.74, 6) is -0.0447. The van der Waals surface area contributed by atoms with E-state index in [-0.39, 0.29) is 17.3 Å². The van der Waals surface area contributed by atoms with Gasteiger partial charge in [-0.25, -0.2) is 9.47 Å². The molecular formula is C20H23Cl2N5O2S. The van der Waals surface area contributed by atoms with Gasteiger partial charge in [0.25, 0.3) is 0 Å². The van der Waals surface area contributed by atoms with E-state index in [0.717, 1.165) is 56.7 Å². The number of nitrogens with one attached hydrogen (secondary N) is 1. The van der Waals surface area contributed by atoms with Crippen LogP contribution in [0.15, 0.2) is 28.0 Å². The molecule has 1 aliphatic heterocycles. The maximum absolute atomic E-state index is 12.8. The summed E-state index contributed by atoms with van der Waals surface area (Å²) >= 11 is 13.3. The van der Waals surface area contributed by atoms with Gasteiger partial charge < -0.3 is 15.2 Å². The number of hydrogen-bond donors (Lipinski definition) is 1. The van der Waals surface area contributed by atoms with E-state index in [1.165, 1.54) is 11.8 Å². The minimum atomic E-state index is -0.260. The molecule has 1 aromatic carbocycles. The third kappa shape index (κ3) is 4.77. The molecule has 2 aromatic rings. The first-order valence-electron chi connectivity index (χ1n) is 9.88. The van der Waals surface area contributed by atoms with Gasteiger partial charge in [-0.15, -0.1) is 0 Å². The fraction of sp³-hybridized carbons (Fsp3) is 0.450. The van der Waals surface area contributed by atoms with Gasteiger partial charge >= 0.3 is 5.69 Å². The van der Waals surface area contributed by atoms with Crippen LogP contribution in [0.5, 0.6) is 0 Å². The van der Waals surface area contributed by atoms with Crippen LogP contribution in [0.4, 0.5) is 5.69 Å². The lowest BCUT2D eigenvalue weighted by molar-refractivity contribution is -0.113. The van der Waals surface area contributed by atoms with Crippen LogP contribution >= 0.6 is 35.0 Å². The summed E-state index contributed by atoms with van der Waals surface area (Å²) in [5.41, 5.74) is 2.42. The molecule has 0 unspecified atom stereocenters. The Hall–Kier alpha value is -1.74. The van der Waals surface area contributed by atoms with Gasteiger partial charge in [0.05, 0.1) is 11.4 Å². The topological polar surface area (TPSA) is 70.5 Å². The number of amides is 1. The molecule has 0 bridgehead atoms. The van der Waals surface area contributed by atoms with Crippen LogP contribution < -0.4 is 16.0 Å². The number of likely N-dealkylation sites (N-methyl/N-ethyl adjacent to an activating group) is 1. The zero-order chi connectivity index (χ0) is 21.3. The minimum Gasteiger partial charge on any atom is -0.325 e. The SMILES string of the molecule is CN1CCN(n2c3c(c(SCC(=O)Nc4cc(Cl)cc(Cl)c4)nc2=O)CCC3)CC1. The van der Waals surface area contributed by atoms with Crippen molar-refractivity contribution in [1.82, 2.24) is 14.6 Å². The molecule has 1 fully saturated rings. The van der Waals surface area contributed by atoms with E-state index in [2.05, 4.69) is 27.3 Å². The monoisotopic (exact) mass is 467 g/mol. The van der Waals surface area contributed by atoms with Crippen LogP contribution in [-0.2, 0) is 17.6 Å². The van der Waals surface area contributed by atoms with E-state index >= 15 is 0 Å². The van der Waals surface area contributed by atoms with Gasteiger partial charge in [-0.2, -0.15) is 4.98 Å². The lowest BCUT2D eigenvalue weighted by Gasteiger charge is -2.35. The summed E-state index contributed by atoms with van der Waals surface area (Å²) in [4.78, 5) is 31.8. The molecule has 0 spiro atoms. The number of fused-ring (bicyclic) bond motifs is 1. The summed E-state index contributed by atoms with van der Waals surface area (Å²) in [6.07, 6.45) is 2.74. The summed E-state index contributed by atoms with van der Waals surface area (Å²) in [7, 11) is 2.09. The number of halogens is 2. The Labute approximate surface area is 189 Å². The second-order valence-electron chi connectivity index (χ2n) is 7.54. The molecule has 4 rings (SSSR count). The van der Waals surface area contributed by atoms with E-state index in [9.17, 15) is 9.59 Å². The van der Waals surface area contributed by atoms with Crippen LogP contribution in [0.1, 0.15) is 17.7 Å². The van der Waals surface area contributed by atoms with Crippen molar-refractivity contribution in [2.24, 2.45) is 0 Å². The molecular weight excluding hydrogens is 445 g/mol. The van der Waals surface area contributed by atoms with Gasteiger partial charge in [0, 0.05) is 47.5 Å². The second-order valence-corrected chi connectivity index (χ2v) is 9.38. The van der Waals surface area contributed by atoms with Crippen LogP contribution in [0, 0.1) is 0 Å². The Kier molecular flexibility index (Phi) is 6.57. The van der Waals surface area contributed by atoms with Crippen molar-refractivity contribution in [2.45, 2.75) is 24.3 Å². The van der Waals surface area contributed by atoms with E-state index in [1.54, 1.807) is 22.9 Å². The first kappa shape index (κ1) is 21.5. The normalized spacial score (nSPS) is 16.6. The highest BCUT2D eigenvalue weighted by Crippen LogP contribution is 2.30. The average Bonchev–Trinajstić information content (AvgIpc) is 3.16. The van der Waals surface area contributed by atoms with Crippen molar-refractivity contribution in [3.63, 3.8) is 0 Å². The highest BCUT2D eigenvalue weighted by Gasteiger charge is 2.26. The highest BCUT2D eigenvalue weighted by molar-refractivity contribution is 8.00. The predicted octanol–water partition coefficient (Wildman–Crippen LogP) is 2.65. The van der Waals surface area contributed by atoms with Gasteiger partial charge in [0.15, 0.2) is 0 Å². The smallest absolute Gasteiger partial charge is 0.325 e. The van der Waals surface area contributed by atoms with Crippen molar-refractivity contribution in [1.29, 1.82) is 0 Å². The summed E-state index contributed by atoms with van der Waals surface area (Å²) in [5, 5.41) is 6.47. The van der Waals surface area contributed by atoms with Gasteiger partial charge in [-0.3, -0.25) is 4.79 Å². The number of rotatable bonds is 5. The van der Waals surface area contributed by atoms with Crippen molar-refractivity contribution < 1.29 is 4.79 Å². The third-order valence-electron chi connectivity index (χ3n) is 5.33. The quantitative estimate of drug-likeness (QED) is 0.538. The molecule has 30 heavy (non-hydrogen) atoms. The van der Waals surface area contributed by atoms with E-state index in [1.807, 2.05) is 0 Å². The predicted molar refractivity (Wildman–Crippen MR) is 122 cm³/mol. The first-order chi connectivity index (χ1) is 14.4. The Morgan fingerprint density at radius 2 is 1.83 bits per heavy atom. The highest BCUT2D eigenvalue weighted by atomic mass is 35.5. The summed E-state index contributed by atoms with van der Waals surface area (Å²) in [6.45, 7) is 3.46. The van der Waals surface area contributed by atoms with Crippen molar-refractivity contribution in [3.8, 4) is 0 Å². The molecule has 10 heteroatoms. The van der Waals surface area contributed by atoms with Crippen LogP contribution in [0.25, 0.3) is 0 Å². The number of anilines is 1. The number of piperazine rings is 1. The number of thioether (sulfide) groups is 1. The van der Waals surface area contributed by atoms with Gasteiger partial charge in [-0.05, 0) is 44.5 Å². The molecule has 0 saturated carbocycles. The third-order valence-corrected chi connectivity index (χ3v) is 6.78. The van der Waals surface area contributed by atoms with Crippen LogP contribution in [0.3, 0.4) is 0 Å². The molecule has 1 aromatic heterocycles. The molecule has 1 N–H and O–H groups in total. The average molecular weight is 468 g/mol. The standard InChI is InChI=1S/C20H23Cl2N5O2S/c1-25-5-7-26(8-6-25)27-17-4-2-3-16(17)19(24-20(27)29)30-12-18(28)23-15-10-13(21)9-14(22)11-15/h9-11H,2-8,12H2,1H3,(H,23,28). The number of aromatic nitrogens is 2. The maximum atomic E-state index is 12.8. The zero-order valence-electron chi connectivity index (χ0n) is 16.7. The molecule has 0 atom stereocenters. The fourth-order valence-electron chi connectivity index (χ4n) is 3.87. The van der Waals surface area contributed by atoms with Crippen LogP contribution in [-0.4, -0.2) is 59.4 Å². The minimum absolute atomic E-state index is 0.154. The summed E-state index contributed by atoms with van der Waals surface area (Å²) < 4.78 is 1.77. The molecule has 0 radical (unpaired) electrons. The Morgan fingerprint density at radius 3 is 2.53 bits per heavy atom. The molecule has 1 amide bonds. The van der Waals surface area contributed by atoms with Crippen molar-refractivity contribution in [2.75, 3.05) is 49.3 Å². The van der Waals surface area contributed by atoms with E-state index < -0.39 is 0 Å². The first-order valence-corrected chi connectivity index (χ1v) is 11.6. The Bertz CT molecular complexity index is 1000. The number of benzene rings is 1. The number of hydrogen-bond acceptors (Lipinski definition) is 6. The zero-order valence-corrected chi connectivity index (χ0v) is 19.0. The number of carbonyl (C=O) groups is 1. The molecule has 1 saturated heterocycles. The molecule has 160 valence electrons. The summed E-state index contributed by atoms with van der Waals surface area (Å²) in [6, 6.07) is 4.89. The Morgan fingerprint density at radius 1 is 1.13 bits per heavy atom. The van der Waals surface area contributed by atoms with Gasteiger partial charge in [-0.1, -0.05) is 35.0 Å². The van der Waals surface area contributed by atoms with Crippen molar-refractivity contribution >= 4 is 46.6 Å². The Balaban J connectivity index is 1.48. The van der Waals surface area contributed by atoms with E-state index in [4.69, 9.17) is 23.2 Å². The molecule has 2 heterocycles. The molecule has 7 nitrogen and oxygen atoms in total. The lowest BCUT2D eigenvalue weighted by atomic mass is 10.3. The maximum Gasteiger partial charge on any atom is 0.367 e. The van der Waals surface area contributed by atoms with Crippen LogP contribution in [0.2, 0.25) is 10.0 Å². The number of nitrogens with zero attached hydrogens (tertiary/aromatic N) is 4.